The van der Waals surface area contributed by atoms with E-state index in [0.717, 1.165) is 5.69 Å². The quantitative estimate of drug-likeness (QED) is 0.630. The van der Waals surface area contributed by atoms with Crippen molar-refractivity contribution in [1.29, 1.82) is 0 Å². The van der Waals surface area contributed by atoms with Crippen LogP contribution in [0.15, 0.2) is 53.3 Å². The van der Waals surface area contributed by atoms with E-state index in [1.165, 1.54) is 24.3 Å². The highest BCUT2D eigenvalue weighted by Gasteiger charge is 2.13. The molecule has 0 aliphatic carbocycles. The number of fused-ring (bicyclic) bond motifs is 1. The van der Waals surface area contributed by atoms with Gasteiger partial charge in [0.05, 0.1) is 12.1 Å². The molecule has 3 aromatic rings. The summed E-state index contributed by atoms with van der Waals surface area (Å²) in [5.74, 6) is -1.61. The monoisotopic (exact) mass is 382 g/mol. The Morgan fingerprint density at radius 1 is 1.07 bits per heavy atom. The molecule has 2 aromatic carbocycles. The van der Waals surface area contributed by atoms with Crippen molar-refractivity contribution in [2.75, 3.05) is 30.9 Å². The van der Waals surface area contributed by atoms with Gasteiger partial charge in [-0.15, -0.1) is 0 Å². The molecule has 3 N–H and O–H groups in total. The summed E-state index contributed by atoms with van der Waals surface area (Å²) < 4.78 is 13.2. The molecule has 0 unspecified atom stereocenters. The van der Waals surface area contributed by atoms with Gasteiger partial charge in [-0.3, -0.25) is 14.4 Å². The Morgan fingerprint density at radius 2 is 1.79 bits per heavy atom. The number of benzene rings is 2. The molecule has 0 radical (unpaired) electrons. The van der Waals surface area contributed by atoms with E-state index in [0.29, 0.717) is 16.6 Å². The number of carbonyl (C=O) groups excluding carboxylic acids is 2. The molecule has 7 nitrogen and oxygen atoms in total. The molecule has 8 heteroatoms. The summed E-state index contributed by atoms with van der Waals surface area (Å²) in [4.78, 5) is 40.8. The highest BCUT2D eigenvalue weighted by molar-refractivity contribution is 6.00. The summed E-state index contributed by atoms with van der Waals surface area (Å²) in [5, 5.41) is 5.59. The van der Waals surface area contributed by atoms with Crippen molar-refractivity contribution in [2.24, 2.45) is 0 Å². The third-order valence-corrected chi connectivity index (χ3v) is 4.13. The largest absolute Gasteiger partial charge is 0.378 e. The SMILES string of the molecule is CN(C)c1ccc(NC(=O)CNC(=O)c2cc3ccc(F)cc3[nH]c2=O)cc1. The lowest BCUT2D eigenvalue weighted by molar-refractivity contribution is -0.115. The zero-order valence-corrected chi connectivity index (χ0v) is 15.4. The van der Waals surface area contributed by atoms with Gasteiger partial charge in [0, 0.05) is 25.5 Å². The van der Waals surface area contributed by atoms with Crippen molar-refractivity contribution in [2.45, 2.75) is 0 Å². The van der Waals surface area contributed by atoms with E-state index in [2.05, 4.69) is 15.6 Å². The van der Waals surface area contributed by atoms with Crippen molar-refractivity contribution < 1.29 is 14.0 Å². The molecule has 28 heavy (non-hydrogen) atoms. The first kappa shape index (κ1) is 19.1. The number of hydrogen-bond acceptors (Lipinski definition) is 4. The zero-order chi connectivity index (χ0) is 20.3. The van der Waals surface area contributed by atoms with Gasteiger partial charge in [0.25, 0.3) is 11.5 Å². The maximum atomic E-state index is 13.2. The van der Waals surface area contributed by atoms with Crippen LogP contribution in [0.4, 0.5) is 15.8 Å². The third-order valence-electron chi connectivity index (χ3n) is 4.13. The molecule has 0 fully saturated rings. The van der Waals surface area contributed by atoms with Crippen LogP contribution in [0.5, 0.6) is 0 Å². The Hall–Kier alpha value is -3.68. The normalized spacial score (nSPS) is 10.5. The molecule has 0 aliphatic heterocycles. The fourth-order valence-electron chi connectivity index (χ4n) is 2.65. The van der Waals surface area contributed by atoms with Gasteiger partial charge < -0.3 is 20.5 Å². The summed E-state index contributed by atoms with van der Waals surface area (Å²) in [7, 11) is 3.82. The van der Waals surface area contributed by atoms with Gasteiger partial charge in [-0.2, -0.15) is 0 Å². The van der Waals surface area contributed by atoms with E-state index in [1.807, 2.05) is 31.1 Å². The number of aromatic amines is 1. The second kappa shape index (κ2) is 7.91. The highest BCUT2D eigenvalue weighted by Crippen LogP contribution is 2.15. The third kappa shape index (κ3) is 4.35. The Morgan fingerprint density at radius 3 is 2.46 bits per heavy atom. The van der Waals surface area contributed by atoms with Crippen molar-refractivity contribution >= 4 is 34.1 Å². The summed E-state index contributed by atoms with van der Waals surface area (Å²) in [5.41, 5.74) is 1.06. The minimum absolute atomic E-state index is 0.151. The van der Waals surface area contributed by atoms with Crippen LogP contribution in [0.1, 0.15) is 10.4 Å². The van der Waals surface area contributed by atoms with E-state index < -0.39 is 23.2 Å². The van der Waals surface area contributed by atoms with E-state index >= 15 is 0 Å². The van der Waals surface area contributed by atoms with E-state index in [1.54, 1.807) is 12.1 Å². The van der Waals surface area contributed by atoms with Crippen molar-refractivity contribution in [3.63, 3.8) is 0 Å². The van der Waals surface area contributed by atoms with Gasteiger partial charge in [-0.25, -0.2) is 4.39 Å². The first-order valence-corrected chi connectivity index (χ1v) is 8.51. The van der Waals surface area contributed by atoms with Gasteiger partial charge >= 0.3 is 0 Å². The van der Waals surface area contributed by atoms with Crippen molar-refractivity contribution in [1.82, 2.24) is 10.3 Å². The van der Waals surface area contributed by atoms with Crippen LogP contribution in [0.2, 0.25) is 0 Å². The summed E-state index contributed by atoms with van der Waals surface area (Å²) in [6.07, 6.45) is 0. The lowest BCUT2D eigenvalue weighted by Gasteiger charge is -2.13. The second-order valence-electron chi connectivity index (χ2n) is 6.42. The molecule has 0 bridgehead atoms. The number of rotatable bonds is 5. The highest BCUT2D eigenvalue weighted by atomic mass is 19.1. The molecule has 3 rings (SSSR count). The van der Waals surface area contributed by atoms with Crippen LogP contribution in [0.25, 0.3) is 10.9 Å². The number of carbonyl (C=O) groups is 2. The molecule has 0 saturated heterocycles. The molecule has 0 aliphatic rings. The Labute approximate surface area is 160 Å². The maximum Gasteiger partial charge on any atom is 0.261 e. The molecule has 1 heterocycles. The van der Waals surface area contributed by atoms with Gasteiger partial charge in [0.1, 0.15) is 11.4 Å². The summed E-state index contributed by atoms with van der Waals surface area (Å²) >= 11 is 0. The van der Waals surface area contributed by atoms with Crippen LogP contribution in [0, 0.1) is 5.82 Å². The predicted octanol–water partition coefficient (Wildman–Crippen LogP) is 2.10. The number of pyridine rings is 1. The number of anilines is 2. The predicted molar refractivity (Wildman–Crippen MR) is 106 cm³/mol. The molecule has 0 saturated carbocycles. The topological polar surface area (TPSA) is 94.3 Å². The molecule has 0 atom stereocenters. The average molecular weight is 382 g/mol. The minimum atomic E-state index is -0.689. The van der Waals surface area contributed by atoms with Gasteiger partial charge in [0.2, 0.25) is 5.91 Å². The van der Waals surface area contributed by atoms with Crippen molar-refractivity contribution in [3.05, 3.63) is 70.3 Å². The standard InChI is InChI=1S/C20H19FN4O3/c1-25(2)15-7-5-14(6-8-15)23-18(26)11-22-19(27)16-9-12-3-4-13(21)10-17(12)24-20(16)28/h3-10H,11H2,1-2H3,(H,22,27)(H,23,26)(H,24,28). The fourth-order valence-corrected chi connectivity index (χ4v) is 2.65. The zero-order valence-electron chi connectivity index (χ0n) is 15.4. The molecular weight excluding hydrogens is 363 g/mol. The van der Waals surface area contributed by atoms with Crippen LogP contribution < -0.4 is 21.1 Å². The van der Waals surface area contributed by atoms with E-state index in [-0.39, 0.29) is 12.1 Å². The number of aromatic nitrogens is 1. The van der Waals surface area contributed by atoms with Crippen LogP contribution in [-0.2, 0) is 4.79 Å². The molecular formula is C20H19FN4O3. The fraction of sp³-hybridized carbons (Fsp3) is 0.150. The van der Waals surface area contributed by atoms with Crippen LogP contribution in [0.3, 0.4) is 0 Å². The van der Waals surface area contributed by atoms with Gasteiger partial charge in [0.15, 0.2) is 0 Å². The lowest BCUT2D eigenvalue weighted by atomic mass is 10.1. The number of hydrogen-bond donors (Lipinski definition) is 3. The van der Waals surface area contributed by atoms with E-state index in [9.17, 15) is 18.8 Å². The average Bonchev–Trinajstić information content (AvgIpc) is 2.66. The van der Waals surface area contributed by atoms with Gasteiger partial charge in [-0.05, 0) is 53.9 Å². The summed E-state index contributed by atoms with van der Waals surface area (Å²) in [6, 6.07) is 12.4. The Bertz CT molecular complexity index is 1090. The first-order valence-electron chi connectivity index (χ1n) is 8.51. The van der Waals surface area contributed by atoms with E-state index in [4.69, 9.17) is 0 Å². The minimum Gasteiger partial charge on any atom is -0.378 e. The Balaban J connectivity index is 1.64. The van der Waals surface area contributed by atoms with Crippen LogP contribution >= 0.6 is 0 Å². The number of nitrogens with zero attached hydrogens (tertiary/aromatic N) is 1. The first-order chi connectivity index (χ1) is 13.3. The smallest absolute Gasteiger partial charge is 0.261 e. The summed E-state index contributed by atoms with van der Waals surface area (Å²) in [6.45, 7) is -0.296. The van der Waals surface area contributed by atoms with Crippen molar-refractivity contribution in [3.8, 4) is 0 Å². The molecule has 2 amide bonds. The number of halogens is 1. The lowest BCUT2D eigenvalue weighted by Crippen LogP contribution is -2.35. The molecule has 1 aromatic heterocycles. The second-order valence-corrected chi connectivity index (χ2v) is 6.42. The number of nitrogens with one attached hydrogen (secondary N) is 3. The number of H-pyrrole nitrogens is 1. The maximum absolute atomic E-state index is 13.2. The van der Waals surface area contributed by atoms with Crippen LogP contribution in [-0.4, -0.2) is 37.4 Å². The molecule has 0 spiro atoms. The number of amides is 2. The Kier molecular flexibility index (Phi) is 5.39. The van der Waals surface area contributed by atoms with Gasteiger partial charge in [-0.1, -0.05) is 0 Å². The molecule has 144 valence electrons.